The molecule has 1 saturated heterocycles. The predicted molar refractivity (Wildman–Crippen MR) is 147 cm³/mol. The molecule has 1 heterocycles. The van der Waals surface area contributed by atoms with E-state index in [-0.39, 0.29) is 5.41 Å². The largest absolute Gasteiger partial charge is 0.699 e. The fourth-order valence-electron chi connectivity index (χ4n) is 3.68. The van der Waals surface area contributed by atoms with E-state index >= 15 is 0 Å². The van der Waals surface area contributed by atoms with Gasteiger partial charge in [-0.2, -0.15) is 0 Å². The normalized spacial score (nSPS) is 14.1. The molecular formula is C30H40O5Si. The first kappa shape index (κ1) is 27.8. The molecule has 5 nitrogen and oxygen atoms in total. The number of benzene rings is 3. The average Bonchev–Trinajstić information content (AvgIpc) is 2.87. The van der Waals surface area contributed by atoms with Gasteiger partial charge in [0.2, 0.25) is 0 Å². The zero-order valence-electron chi connectivity index (χ0n) is 21.9. The first-order valence-electron chi connectivity index (χ1n) is 13.0. The van der Waals surface area contributed by atoms with Crippen LogP contribution in [0.15, 0.2) is 91.0 Å². The summed E-state index contributed by atoms with van der Waals surface area (Å²) in [4.78, 5) is 0. The number of para-hydroxylation sites is 3. The average molecular weight is 509 g/mol. The quantitative estimate of drug-likeness (QED) is 0.178. The van der Waals surface area contributed by atoms with E-state index in [1.165, 1.54) is 6.42 Å². The molecule has 1 aliphatic rings. The highest BCUT2D eigenvalue weighted by Crippen LogP contribution is 2.32. The van der Waals surface area contributed by atoms with Crippen molar-refractivity contribution in [2.45, 2.75) is 46.1 Å². The van der Waals surface area contributed by atoms with Crippen molar-refractivity contribution in [2.75, 3.05) is 26.4 Å². The molecule has 1 fully saturated rings. The summed E-state index contributed by atoms with van der Waals surface area (Å²) in [6, 6.07) is 29.8. The van der Waals surface area contributed by atoms with Crippen molar-refractivity contribution >= 4 is 8.80 Å². The topological polar surface area (TPSA) is 46.2 Å². The Morgan fingerprint density at radius 1 is 0.694 bits per heavy atom. The Bertz CT molecular complexity index is 857. The number of hydrogen-bond donors (Lipinski definition) is 0. The second-order valence-corrected chi connectivity index (χ2v) is 11.6. The minimum atomic E-state index is -3.22. The van der Waals surface area contributed by atoms with Crippen molar-refractivity contribution < 1.29 is 22.8 Å². The summed E-state index contributed by atoms with van der Waals surface area (Å²) in [6.45, 7) is 9.35. The van der Waals surface area contributed by atoms with Crippen LogP contribution >= 0.6 is 0 Å². The highest BCUT2D eigenvalue weighted by atomic mass is 28.4. The fraction of sp³-hybridized carbons (Fsp3) is 0.400. The minimum absolute atomic E-state index is 0.177. The van der Waals surface area contributed by atoms with Gasteiger partial charge in [-0.3, -0.25) is 0 Å². The number of ether oxygens (including phenoxy) is 2. The van der Waals surface area contributed by atoms with Crippen molar-refractivity contribution in [2.24, 2.45) is 5.41 Å². The van der Waals surface area contributed by atoms with Crippen LogP contribution in [0.1, 0.15) is 40.0 Å². The molecule has 0 saturated carbocycles. The molecular weight excluding hydrogens is 468 g/mol. The summed E-state index contributed by atoms with van der Waals surface area (Å²) in [5.41, 5.74) is 0.177. The van der Waals surface area contributed by atoms with E-state index in [2.05, 4.69) is 20.8 Å². The van der Waals surface area contributed by atoms with Gasteiger partial charge in [-0.1, -0.05) is 81.8 Å². The first-order chi connectivity index (χ1) is 17.6. The van der Waals surface area contributed by atoms with E-state index in [0.29, 0.717) is 12.7 Å². The van der Waals surface area contributed by atoms with Gasteiger partial charge in [-0.15, -0.1) is 0 Å². The summed E-state index contributed by atoms with van der Waals surface area (Å²) in [6.07, 6.45) is 3.08. The Morgan fingerprint density at radius 3 is 1.44 bits per heavy atom. The third-order valence-corrected chi connectivity index (χ3v) is 8.40. The van der Waals surface area contributed by atoms with Crippen LogP contribution < -0.4 is 13.3 Å². The Balaban J connectivity index is 0.00000115. The molecule has 0 aliphatic carbocycles. The molecule has 36 heavy (non-hydrogen) atoms. The molecule has 6 heteroatoms. The van der Waals surface area contributed by atoms with Gasteiger partial charge in [0, 0.05) is 12.0 Å². The van der Waals surface area contributed by atoms with Crippen LogP contribution in [0.2, 0.25) is 6.04 Å². The second-order valence-electron chi connectivity index (χ2n) is 9.14. The van der Waals surface area contributed by atoms with Crippen molar-refractivity contribution in [1.29, 1.82) is 0 Å². The van der Waals surface area contributed by atoms with Gasteiger partial charge >= 0.3 is 8.80 Å². The maximum absolute atomic E-state index is 6.53. The molecule has 0 amide bonds. The number of hydrogen-bond acceptors (Lipinski definition) is 5. The van der Waals surface area contributed by atoms with E-state index < -0.39 is 8.80 Å². The van der Waals surface area contributed by atoms with Crippen LogP contribution in [0.5, 0.6) is 17.2 Å². The van der Waals surface area contributed by atoms with Gasteiger partial charge in [-0.25, -0.2) is 0 Å². The zero-order chi connectivity index (χ0) is 25.5. The minimum Gasteiger partial charge on any atom is -0.483 e. The Labute approximate surface area is 217 Å². The Morgan fingerprint density at radius 2 is 1.11 bits per heavy atom. The molecule has 0 spiro atoms. The predicted octanol–water partition coefficient (Wildman–Crippen LogP) is 7.41. The lowest BCUT2D eigenvalue weighted by molar-refractivity contribution is -0.150. The molecule has 3 aromatic rings. The third-order valence-electron chi connectivity index (χ3n) is 5.80. The summed E-state index contributed by atoms with van der Waals surface area (Å²) in [5, 5.41) is 0. The summed E-state index contributed by atoms with van der Waals surface area (Å²) < 4.78 is 31.0. The SMILES string of the molecule is CCC.CCC1(COCCC[Si](Oc2ccccc2)(Oc2ccccc2)Oc2ccccc2)COC1. The van der Waals surface area contributed by atoms with Gasteiger partial charge < -0.3 is 22.8 Å². The molecule has 1 aliphatic heterocycles. The maximum atomic E-state index is 6.53. The van der Waals surface area contributed by atoms with E-state index in [1.54, 1.807) is 0 Å². The molecule has 4 rings (SSSR count). The molecule has 3 aromatic carbocycles. The molecule has 0 N–H and O–H groups in total. The van der Waals surface area contributed by atoms with Crippen LogP contribution in [-0.4, -0.2) is 35.2 Å². The van der Waals surface area contributed by atoms with Crippen molar-refractivity contribution in [3.8, 4) is 17.2 Å². The van der Waals surface area contributed by atoms with Crippen LogP contribution in [0.4, 0.5) is 0 Å². The van der Waals surface area contributed by atoms with Crippen molar-refractivity contribution in [3.63, 3.8) is 0 Å². The summed E-state index contributed by atoms with van der Waals surface area (Å²) in [5.74, 6) is 2.19. The molecule has 0 radical (unpaired) electrons. The highest BCUT2D eigenvalue weighted by molar-refractivity contribution is 6.63. The molecule has 0 atom stereocenters. The third kappa shape index (κ3) is 8.70. The standard InChI is InChI=1S/C27H32O5Si.C3H8/c1-2-27(22-29-23-27)21-28-19-12-20-33(30-24-13-6-3-7-14-24,31-25-15-8-4-9-16-25)32-26-17-10-5-11-18-26;1-3-2/h3-11,13-18H,2,12,19-23H2,1H3;3H2,1-2H3. The van der Waals surface area contributed by atoms with Crippen LogP contribution in [0, 0.1) is 5.41 Å². The van der Waals surface area contributed by atoms with Crippen LogP contribution in [0.25, 0.3) is 0 Å². The van der Waals surface area contributed by atoms with E-state index in [9.17, 15) is 0 Å². The number of rotatable bonds is 13. The Hall–Kier alpha value is -2.80. The van der Waals surface area contributed by atoms with Crippen LogP contribution in [0.3, 0.4) is 0 Å². The van der Waals surface area contributed by atoms with Gasteiger partial charge in [0.1, 0.15) is 17.2 Å². The summed E-state index contributed by atoms with van der Waals surface area (Å²) >= 11 is 0. The highest BCUT2D eigenvalue weighted by Gasteiger charge is 2.49. The summed E-state index contributed by atoms with van der Waals surface area (Å²) in [7, 11) is -3.22. The molecule has 0 aromatic heterocycles. The zero-order valence-corrected chi connectivity index (χ0v) is 22.9. The molecule has 194 valence electrons. The van der Waals surface area contributed by atoms with E-state index in [4.69, 9.17) is 22.8 Å². The lowest BCUT2D eigenvalue weighted by Gasteiger charge is -2.40. The fourth-order valence-corrected chi connectivity index (χ4v) is 6.17. The lowest BCUT2D eigenvalue weighted by atomic mass is 9.84. The van der Waals surface area contributed by atoms with Crippen LogP contribution in [-0.2, 0) is 9.47 Å². The molecule has 0 unspecified atom stereocenters. The van der Waals surface area contributed by atoms with Crippen molar-refractivity contribution in [1.82, 2.24) is 0 Å². The van der Waals surface area contributed by atoms with Gasteiger partial charge in [0.05, 0.1) is 25.9 Å². The first-order valence-corrected chi connectivity index (χ1v) is 14.9. The lowest BCUT2D eigenvalue weighted by Crippen LogP contribution is -2.55. The van der Waals surface area contributed by atoms with E-state index in [1.807, 2.05) is 91.0 Å². The van der Waals surface area contributed by atoms with Crippen molar-refractivity contribution in [3.05, 3.63) is 91.0 Å². The van der Waals surface area contributed by atoms with E-state index in [0.717, 1.165) is 49.9 Å². The van der Waals surface area contributed by atoms with Gasteiger partial charge in [-0.05, 0) is 49.2 Å². The Kier molecular flexibility index (Phi) is 11.3. The maximum Gasteiger partial charge on any atom is 0.699 e. The van der Waals surface area contributed by atoms with Gasteiger partial charge in [0.25, 0.3) is 0 Å². The smallest absolute Gasteiger partial charge is 0.483 e. The second kappa shape index (κ2) is 14.7. The monoisotopic (exact) mass is 508 g/mol. The molecule has 0 bridgehead atoms. The van der Waals surface area contributed by atoms with Gasteiger partial charge in [0.15, 0.2) is 0 Å².